The van der Waals surface area contributed by atoms with Crippen molar-refractivity contribution in [2.24, 2.45) is 0 Å². The Labute approximate surface area is 138 Å². The molecule has 2 heteroatoms. The average Bonchev–Trinajstić information content (AvgIpc) is 2.62. The van der Waals surface area contributed by atoms with Gasteiger partial charge in [-0.25, -0.2) is 0 Å². The molecule has 0 saturated carbocycles. The highest BCUT2D eigenvalue weighted by Gasteiger charge is 2.01. The van der Waals surface area contributed by atoms with Crippen LogP contribution in [0, 0.1) is 6.42 Å². The Morgan fingerprint density at radius 2 is 1.74 bits per heavy atom. The average molecular weight is 304 g/mol. The molecule has 1 N–H and O–H groups in total. The van der Waals surface area contributed by atoms with Crippen LogP contribution in [0.3, 0.4) is 0 Å². The van der Waals surface area contributed by atoms with E-state index >= 15 is 0 Å². The summed E-state index contributed by atoms with van der Waals surface area (Å²) in [5, 5.41) is 3.48. The monoisotopic (exact) mass is 304 g/mol. The molecular weight excluding hydrogens is 282 g/mol. The maximum atomic E-state index is 5.83. The molecule has 0 amide bonds. The lowest BCUT2D eigenvalue weighted by Crippen LogP contribution is -2.16. The van der Waals surface area contributed by atoms with Crippen LogP contribution in [-0.4, -0.2) is 6.54 Å². The number of nitrogens with one attached hydrogen (secondary N) is 1. The lowest BCUT2D eigenvalue weighted by Gasteiger charge is -2.10. The summed E-state index contributed by atoms with van der Waals surface area (Å²) in [6.07, 6.45) is 10.2. The molecule has 0 saturated heterocycles. The van der Waals surface area contributed by atoms with Crippen molar-refractivity contribution in [3.8, 4) is 5.75 Å². The Balaban J connectivity index is 1.42. The lowest BCUT2D eigenvalue weighted by molar-refractivity contribution is 0.440. The zero-order chi connectivity index (χ0) is 15.7. The first-order valence-corrected chi connectivity index (χ1v) is 8.12. The summed E-state index contributed by atoms with van der Waals surface area (Å²) >= 11 is 0. The molecule has 3 rings (SSSR count). The van der Waals surface area contributed by atoms with E-state index in [0.717, 1.165) is 37.4 Å². The van der Waals surface area contributed by atoms with Crippen LogP contribution in [0.15, 0.2) is 78.6 Å². The topological polar surface area (TPSA) is 21.3 Å². The molecule has 0 fully saturated rings. The van der Waals surface area contributed by atoms with Gasteiger partial charge in [0.05, 0.1) is 0 Å². The second kappa shape index (κ2) is 8.35. The number of allylic oxidation sites excluding steroid dienone is 3. The number of hydrogen-bond donors (Lipinski definition) is 1. The SMILES string of the molecule is [CH]1C=CC(Oc2ccc(CCNCc3ccccc3)cc2)=CC1. The van der Waals surface area contributed by atoms with Crippen molar-refractivity contribution < 1.29 is 4.74 Å². The van der Waals surface area contributed by atoms with Gasteiger partial charge in [0.1, 0.15) is 11.5 Å². The van der Waals surface area contributed by atoms with Crippen LogP contribution in [0.4, 0.5) is 0 Å². The quantitative estimate of drug-likeness (QED) is 0.763. The van der Waals surface area contributed by atoms with Crippen molar-refractivity contribution in [3.05, 3.63) is 96.1 Å². The molecule has 23 heavy (non-hydrogen) atoms. The van der Waals surface area contributed by atoms with Gasteiger partial charge in [0.15, 0.2) is 0 Å². The van der Waals surface area contributed by atoms with Crippen LogP contribution >= 0.6 is 0 Å². The summed E-state index contributed by atoms with van der Waals surface area (Å²) < 4.78 is 5.83. The molecule has 2 aromatic rings. The summed E-state index contributed by atoms with van der Waals surface area (Å²) in [7, 11) is 0. The largest absolute Gasteiger partial charge is 0.458 e. The van der Waals surface area contributed by atoms with Crippen molar-refractivity contribution in [2.75, 3.05) is 6.54 Å². The second-order valence-electron chi connectivity index (χ2n) is 5.60. The Kier molecular flexibility index (Phi) is 5.65. The van der Waals surface area contributed by atoms with E-state index in [4.69, 9.17) is 4.74 Å². The number of benzene rings is 2. The first-order chi connectivity index (χ1) is 11.4. The van der Waals surface area contributed by atoms with Gasteiger partial charge in [0.2, 0.25) is 0 Å². The standard InChI is InChI=1S/C21H22NO/c1-3-7-19(8-4-1)17-22-16-15-18-11-13-21(14-12-18)23-20-9-5-2-6-10-20/h1-5,7-14,22H,6,15-17H2. The highest BCUT2D eigenvalue weighted by atomic mass is 16.5. The van der Waals surface area contributed by atoms with Crippen LogP contribution in [0.2, 0.25) is 0 Å². The second-order valence-corrected chi connectivity index (χ2v) is 5.60. The highest BCUT2D eigenvalue weighted by molar-refractivity contribution is 5.32. The van der Waals surface area contributed by atoms with Crippen molar-refractivity contribution >= 4 is 0 Å². The maximum absolute atomic E-state index is 5.83. The van der Waals surface area contributed by atoms with Gasteiger partial charge in [-0.1, -0.05) is 48.5 Å². The summed E-state index contributed by atoms with van der Waals surface area (Å²) in [4.78, 5) is 0. The fourth-order valence-electron chi connectivity index (χ4n) is 2.49. The molecular formula is C21H22NO. The molecule has 0 atom stereocenters. The third-order valence-electron chi connectivity index (χ3n) is 3.77. The fourth-order valence-corrected chi connectivity index (χ4v) is 2.49. The molecule has 1 aliphatic rings. The molecule has 0 heterocycles. The Morgan fingerprint density at radius 1 is 0.913 bits per heavy atom. The molecule has 0 aliphatic heterocycles. The van der Waals surface area contributed by atoms with Crippen LogP contribution in [0.25, 0.3) is 0 Å². The van der Waals surface area contributed by atoms with Gasteiger partial charge in [0.25, 0.3) is 0 Å². The third-order valence-corrected chi connectivity index (χ3v) is 3.77. The molecule has 2 nitrogen and oxygen atoms in total. The fraction of sp³-hybridized carbons (Fsp3) is 0.190. The first kappa shape index (κ1) is 15.6. The van der Waals surface area contributed by atoms with Gasteiger partial charge in [-0.3, -0.25) is 0 Å². The number of ether oxygens (including phenoxy) is 1. The van der Waals surface area contributed by atoms with Crippen LogP contribution in [0.1, 0.15) is 17.5 Å². The van der Waals surface area contributed by atoms with E-state index < -0.39 is 0 Å². The molecule has 0 unspecified atom stereocenters. The van der Waals surface area contributed by atoms with Gasteiger partial charge in [-0.15, -0.1) is 0 Å². The van der Waals surface area contributed by atoms with E-state index in [1.165, 1.54) is 11.1 Å². The minimum Gasteiger partial charge on any atom is -0.458 e. The number of hydrogen-bond acceptors (Lipinski definition) is 2. The van der Waals surface area contributed by atoms with Crippen molar-refractivity contribution in [3.63, 3.8) is 0 Å². The normalized spacial score (nSPS) is 13.7. The van der Waals surface area contributed by atoms with Gasteiger partial charge in [-0.05, 0) is 61.2 Å². The molecule has 0 spiro atoms. The zero-order valence-electron chi connectivity index (χ0n) is 13.2. The van der Waals surface area contributed by atoms with E-state index in [2.05, 4.69) is 54.2 Å². The predicted octanol–water partition coefficient (Wildman–Crippen LogP) is 4.45. The molecule has 2 aromatic carbocycles. The Morgan fingerprint density at radius 3 is 2.48 bits per heavy atom. The van der Waals surface area contributed by atoms with Gasteiger partial charge < -0.3 is 10.1 Å². The van der Waals surface area contributed by atoms with Crippen LogP contribution in [0.5, 0.6) is 5.75 Å². The Hall–Kier alpha value is -2.32. The van der Waals surface area contributed by atoms with Crippen LogP contribution in [-0.2, 0) is 13.0 Å². The first-order valence-electron chi connectivity index (χ1n) is 8.12. The summed E-state index contributed by atoms with van der Waals surface area (Å²) in [6.45, 7) is 1.89. The van der Waals surface area contributed by atoms with Gasteiger partial charge >= 0.3 is 0 Å². The van der Waals surface area contributed by atoms with E-state index in [-0.39, 0.29) is 0 Å². The summed E-state index contributed by atoms with van der Waals surface area (Å²) in [6, 6.07) is 18.8. The molecule has 1 radical (unpaired) electrons. The smallest absolute Gasteiger partial charge is 0.127 e. The molecule has 117 valence electrons. The van der Waals surface area contributed by atoms with E-state index in [0.29, 0.717) is 0 Å². The molecule has 0 aromatic heterocycles. The van der Waals surface area contributed by atoms with E-state index in [9.17, 15) is 0 Å². The van der Waals surface area contributed by atoms with Crippen LogP contribution < -0.4 is 10.1 Å². The van der Waals surface area contributed by atoms with Gasteiger partial charge in [0, 0.05) is 6.54 Å². The third kappa shape index (κ3) is 5.11. The predicted molar refractivity (Wildman–Crippen MR) is 95.1 cm³/mol. The maximum Gasteiger partial charge on any atom is 0.127 e. The molecule has 0 bridgehead atoms. The molecule has 1 aliphatic carbocycles. The minimum absolute atomic E-state index is 0.892. The lowest BCUT2D eigenvalue weighted by atomic mass is 10.1. The van der Waals surface area contributed by atoms with Crippen molar-refractivity contribution in [1.29, 1.82) is 0 Å². The summed E-state index contributed by atoms with van der Waals surface area (Å²) in [5.74, 6) is 1.81. The summed E-state index contributed by atoms with van der Waals surface area (Å²) in [5.41, 5.74) is 2.64. The van der Waals surface area contributed by atoms with Crippen molar-refractivity contribution in [1.82, 2.24) is 5.32 Å². The van der Waals surface area contributed by atoms with E-state index in [1.807, 2.05) is 30.4 Å². The van der Waals surface area contributed by atoms with Gasteiger partial charge in [-0.2, -0.15) is 0 Å². The highest BCUT2D eigenvalue weighted by Crippen LogP contribution is 2.18. The number of rotatable bonds is 7. The Bertz CT molecular complexity index is 656. The minimum atomic E-state index is 0.892. The van der Waals surface area contributed by atoms with E-state index in [1.54, 1.807) is 0 Å². The van der Waals surface area contributed by atoms with Crippen molar-refractivity contribution in [2.45, 2.75) is 19.4 Å². The zero-order valence-corrected chi connectivity index (χ0v) is 13.2.